The lowest BCUT2D eigenvalue weighted by Gasteiger charge is -2.32. The lowest BCUT2D eigenvalue weighted by Crippen LogP contribution is -2.46. The Bertz CT molecular complexity index is 807. The number of ether oxygens (including phenoxy) is 1. The van der Waals surface area contributed by atoms with Gasteiger partial charge in [-0.15, -0.1) is 0 Å². The maximum atomic E-state index is 13.6. The van der Waals surface area contributed by atoms with E-state index in [-0.39, 0.29) is 30.3 Å². The Morgan fingerprint density at radius 2 is 2.15 bits per heavy atom. The summed E-state index contributed by atoms with van der Waals surface area (Å²) in [5, 5.41) is 14.4. The molecule has 2 heterocycles. The van der Waals surface area contributed by atoms with Crippen molar-refractivity contribution in [2.75, 3.05) is 6.61 Å². The van der Waals surface area contributed by atoms with Crippen LogP contribution in [0.3, 0.4) is 0 Å². The smallest absolute Gasteiger partial charge is 0.315 e. The van der Waals surface area contributed by atoms with E-state index in [4.69, 9.17) is 10.00 Å². The second kappa shape index (κ2) is 8.41. The normalized spacial score (nSPS) is 19.4. The number of amides is 2. The zero-order chi connectivity index (χ0) is 18.4. The average Bonchev–Trinajstić information content (AvgIpc) is 2.67. The Hall–Kier alpha value is -2.98. The number of nitrogens with one attached hydrogen (secondary N) is 2. The topological polar surface area (TPSA) is 87.0 Å². The van der Waals surface area contributed by atoms with Crippen molar-refractivity contribution < 1.29 is 13.9 Å². The fourth-order valence-corrected chi connectivity index (χ4v) is 2.97. The number of nitrogens with zero attached hydrogens (tertiary/aromatic N) is 2. The van der Waals surface area contributed by atoms with Crippen LogP contribution in [-0.2, 0) is 11.3 Å². The van der Waals surface area contributed by atoms with Crippen LogP contribution in [-0.4, -0.2) is 23.7 Å². The van der Waals surface area contributed by atoms with E-state index >= 15 is 0 Å². The molecule has 0 bridgehead atoms. The lowest BCUT2D eigenvalue weighted by atomic mass is 9.97. The molecule has 2 aromatic rings. The Kier molecular flexibility index (Phi) is 5.77. The molecule has 6 nitrogen and oxygen atoms in total. The third-order valence-corrected chi connectivity index (χ3v) is 4.28. The van der Waals surface area contributed by atoms with Crippen molar-refractivity contribution in [1.29, 1.82) is 5.26 Å². The van der Waals surface area contributed by atoms with Gasteiger partial charge in [0.15, 0.2) is 0 Å². The minimum Gasteiger partial charge on any atom is -0.371 e. The Balaban J connectivity index is 1.58. The molecular weight excluding hydrogens is 335 g/mol. The molecule has 2 atom stereocenters. The molecule has 0 aliphatic carbocycles. The molecule has 0 spiro atoms. The number of hydrogen-bond acceptors (Lipinski definition) is 4. The van der Waals surface area contributed by atoms with Crippen molar-refractivity contribution in [3.05, 3.63) is 65.2 Å². The van der Waals surface area contributed by atoms with Crippen molar-refractivity contribution in [3.63, 3.8) is 0 Å². The fraction of sp³-hybridized carbons (Fsp3) is 0.316. The minimum atomic E-state index is -0.592. The van der Waals surface area contributed by atoms with Gasteiger partial charge in [0.25, 0.3) is 0 Å². The predicted molar refractivity (Wildman–Crippen MR) is 92.4 cm³/mol. The van der Waals surface area contributed by atoms with E-state index in [0.29, 0.717) is 12.2 Å². The second-order valence-corrected chi connectivity index (χ2v) is 6.07. The highest BCUT2D eigenvalue weighted by atomic mass is 19.1. The quantitative estimate of drug-likeness (QED) is 0.884. The summed E-state index contributed by atoms with van der Waals surface area (Å²) in [6.07, 6.45) is 4.86. The first-order valence-electron chi connectivity index (χ1n) is 8.42. The molecule has 2 amide bonds. The summed E-state index contributed by atoms with van der Waals surface area (Å²) >= 11 is 0. The van der Waals surface area contributed by atoms with Crippen molar-refractivity contribution in [3.8, 4) is 6.07 Å². The summed E-state index contributed by atoms with van der Waals surface area (Å²) in [5.41, 5.74) is 1.54. The highest BCUT2D eigenvalue weighted by Crippen LogP contribution is 2.27. The van der Waals surface area contributed by atoms with Crippen LogP contribution in [0.4, 0.5) is 9.18 Å². The van der Waals surface area contributed by atoms with Crippen LogP contribution in [0.5, 0.6) is 0 Å². The van der Waals surface area contributed by atoms with Gasteiger partial charge in [0.2, 0.25) is 0 Å². The number of pyridine rings is 1. The van der Waals surface area contributed by atoms with Crippen molar-refractivity contribution in [1.82, 2.24) is 15.6 Å². The molecule has 7 heteroatoms. The van der Waals surface area contributed by atoms with E-state index in [0.717, 1.165) is 18.4 Å². The summed E-state index contributed by atoms with van der Waals surface area (Å²) in [6, 6.07) is 9.30. The van der Waals surface area contributed by atoms with E-state index in [2.05, 4.69) is 15.6 Å². The second-order valence-electron chi connectivity index (χ2n) is 6.07. The molecule has 2 N–H and O–H groups in total. The maximum Gasteiger partial charge on any atom is 0.315 e. The molecular formula is C19H19FN4O2. The molecule has 0 radical (unpaired) electrons. The maximum absolute atomic E-state index is 13.6. The molecule has 0 unspecified atom stereocenters. The number of carbonyl (C=O) groups is 1. The number of nitriles is 1. The van der Waals surface area contributed by atoms with Gasteiger partial charge in [-0.2, -0.15) is 5.26 Å². The fourth-order valence-electron chi connectivity index (χ4n) is 2.97. The predicted octanol–water partition coefficient (Wildman–Crippen LogP) is 2.81. The Labute approximate surface area is 151 Å². The number of hydrogen-bond donors (Lipinski definition) is 2. The SMILES string of the molecule is N#Cc1ccc(CNC(=O)N[C@H]2CCCO[C@@H]2c2ccncc2)cc1F. The largest absolute Gasteiger partial charge is 0.371 e. The van der Waals surface area contributed by atoms with Gasteiger partial charge in [-0.25, -0.2) is 9.18 Å². The average molecular weight is 354 g/mol. The van der Waals surface area contributed by atoms with E-state index in [1.807, 2.05) is 12.1 Å². The standard InChI is InChI=1S/C19H19FN4O2/c20-16-10-13(3-4-15(16)11-21)12-23-19(25)24-17-2-1-9-26-18(17)14-5-7-22-8-6-14/h3-8,10,17-18H,1-2,9,12H2,(H2,23,24,25)/t17-,18+/m0/s1. The van der Waals surface area contributed by atoms with Crippen LogP contribution < -0.4 is 10.6 Å². The molecule has 1 saturated heterocycles. The molecule has 0 saturated carbocycles. The first kappa shape index (κ1) is 17.8. The van der Waals surface area contributed by atoms with Crippen LogP contribution in [0.2, 0.25) is 0 Å². The van der Waals surface area contributed by atoms with Gasteiger partial charge in [0.1, 0.15) is 18.0 Å². The van der Waals surface area contributed by atoms with Gasteiger partial charge < -0.3 is 15.4 Å². The highest BCUT2D eigenvalue weighted by Gasteiger charge is 2.28. The van der Waals surface area contributed by atoms with Gasteiger partial charge >= 0.3 is 6.03 Å². The van der Waals surface area contributed by atoms with Crippen LogP contribution in [0, 0.1) is 17.1 Å². The van der Waals surface area contributed by atoms with Gasteiger partial charge in [-0.1, -0.05) is 6.07 Å². The number of carbonyl (C=O) groups excluding carboxylic acids is 1. The number of benzene rings is 1. The third-order valence-electron chi connectivity index (χ3n) is 4.28. The zero-order valence-corrected chi connectivity index (χ0v) is 14.1. The first-order chi connectivity index (χ1) is 12.7. The van der Waals surface area contributed by atoms with Gasteiger partial charge in [-0.3, -0.25) is 4.98 Å². The summed E-state index contributed by atoms with van der Waals surface area (Å²) in [5.74, 6) is -0.592. The molecule has 1 aliphatic heterocycles. The summed E-state index contributed by atoms with van der Waals surface area (Å²) in [4.78, 5) is 16.2. The minimum absolute atomic E-state index is 0.0160. The Morgan fingerprint density at radius 1 is 1.35 bits per heavy atom. The molecule has 1 fully saturated rings. The van der Waals surface area contributed by atoms with Crippen molar-refractivity contribution in [2.24, 2.45) is 0 Å². The molecule has 134 valence electrons. The Morgan fingerprint density at radius 3 is 2.88 bits per heavy atom. The highest BCUT2D eigenvalue weighted by molar-refractivity contribution is 5.74. The molecule has 1 aromatic heterocycles. The van der Waals surface area contributed by atoms with E-state index < -0.39 is 5.82 Å². The molecule has 1 aliphatic rings. The van der Waals surface area contributed by atoms with E-state index in [1.165, 1.54) is 12.1 Å². The number of urea groups is 1. The summed E-state index contributed by atoms with van der Waals surface area (Å²) in [6.45, 7) is 0.819. The summed E-state index contributed by atoms with van der Waals surface area (Å²) < 4.78 is 19.4. The zero-order valence-electron chi connectivity index (χ0n) is 14.1. The molecule has 1 aromatic carbocycles. The van der Waals surface area contributed by atoms with Gasteiger partial charge in [-0.05, 0) is 48.2 Å². The number of rotatable bonds is 4. The van der Waals surface area contributed by atoms with Crippen molar-refractivity contribution >= 4 is 6.03 Å². The molecule has 26 heavy (non-hydrogen) atoms. The van der Waals surface area contributed by atoms with Crippen LogP contribution in [0.15, 0.2) is 42.7 Å². The third kappa shape index (κ3) is 4.35. The van der Waals surface area contributed by atoms with E-state index in [1.54, 1.807) is 24.5 Å². The lowest BCUT2D eigenvalue weighted by molar-refractivity contribution is -0.00747. The first-order valence-corrected chi connectivity index (χ1v) is 8.42. The van der Waals surface area contributed by atoms with E-state index in [9.17, 15) is 9.18 Å². The molecule has 3 rings (SSSR count). The van der Waals surface area contributed by atoms with Crippen LogP contribution in [0.1, 0.15) is 35.6 Å². The van der Waals surface area contributed by atoms with Crippen molar-refractivity contribution in [2.45, 2.75) is 31.5 Å². The van der Waals surface area contributed by atoms with Gasteiger partial charge in [0.05, 0.1) is 11.6 Å². The van der Waals surface area contributed by atoms with Crippen LogP contribution in [0.25, 0.3) is 0 Å². The number of halogens is 1. The number of aromatic nitrogens is 1. The van der Waals surface area contributed by atoms with Crippen LogP contribution >= 0.6 is 0 Å². The monoisotopic (exact) mass is 354 g/mol. The van der Waals surface area contributed by atoms with Gasteiger partial charge in [0, 0.05) is 25.5 Å². The summed E-state index contributed by atoms with van der Waals surface area (Å²) in [7, 11) is 0.